The summed E-state index contributed by atoms with van der Waals surface area (Å²) in [5, 5.41) is 4.62. The summed E-state index contributed by atoms with van der Waals surface area (Å²) in [5.41, 5.74) is 8.85. The molecule has 0 aliphatic carbocycles. The molecule has 1 saturated heterocycles. The zero-order chi connectivity index (χ0) is 19.5. The van der Waals surface area contributed by atoms with Gasteiger partial charge in [-0.2, -0.15) is 0 Å². The summed E-state index contributed by atoms with van der Waals surface area (Å²) < 4.78 is 17.0. The van der Waals surface area contributed by atoms with Gasteiger partial charge in [-0.1, -0.05) is 11.2 Å². The van der Waals surface area contributed by atoms with Crippen molar-refractivity contribution in [1.29, 1.82) is 0 Å². The van der Waals surface area contributed by atoms with Gasteiger partial charge in [0.15, 0.2) is 17.2 Å². The highest BCUT2D eigenvalue weighted by molar-refractivity contribution is 5.89. The average molecular weight is 381 g/mol. The SMILES string of the molecule is CC1COCCN1c1nc(-c2ccc3c(N)noc3c2)nc2c1COC2(C)C. The molecule has 146 valence electrons. The molecule has 0 amide bonds. The van der Waals surface area contributed by atoms with Gasteiger partial charge in [0.05, 0.1) is 36.9 Å². The number of fused-ring (bicyclic) bond motifs is 2. The summed E-state index contributed by atoms with van der Waals surface area (Å²) in [7, 11) is 0. The van der Waals surface area contributed by atoms with E-state index in [1.807, 2.05) is 32.0 Å². The van der Waals surface area contributed by atoms with E-state index in [0.717, 1.165) is 34.6 Å². The number of nitrogen functional groups attached to an aromatic ring is 1. The van der Waals surface area contributed by atoms with E-state index in [1.54, 1.807) is 0 Å². The lowest BCUT2D eigenvalue weighted by Gasteiger charge is -2.35. The van der Waals surface area contributed by atoms with E-state index in [2.05, 4.69) is 17.0 Å². The fraction of sp³-hybridized carbons (Fsp3) is 0.450. The maximum Gasteiger partial charge on any atom is 0.174 e. The van der Waals surface area contributed by atoms with Crippen LogP contribution in [0.4, 0.5) is 11.6 Å². The molecule has 1 fully saturated rings. The van der Waals surface area contributed by atoms with Gasteiger partial charge in [-0.15, -0.1) is 0 Å². The molecule has 1 unspecified atom stereocenters. The summed E-state index contributed by atoms with van der Waals surface area (Å²) in [6, 6.07) is 5.97. The van der Waals surface area contributed by atoms with Crippen molar-refractivity contribution in [2.45, 2.75) is 39.0 Å². The molecule has 28 heavy (non-hydrogen) atoms. The Hall–Kier alpha value is -2.71. The van der Waals surface area contributed by atoms with Gasteiger partial charge >= 0.3 is 0 Å². The minimum absolute atomic E-state index is 0.237. The average Bonchev–Trinajstić information content (AvgIpc) is 3.21. The second-order valence-electron chi connectivity index (χ2n) is 7.89. The van der Waals surface area contributed by atoms with Gasteiger partial charge in [0.2, 0.25) is 0 Å². The highest BCUT2D eigenvalue weighted by Crippen LogP contribution is 2.40. The predicted molar refractivity (Wildman–Crippen MR) is 105 cm³/mol. The monoisotopic (exact) mass is 381 g/mol. The lowest BCUT2D eigenvalue weighted by Crippen LogP contribution is -2.44. The van der Waals surface area contributed by atoms with Crippen LogP contribution in [0.3, 0.4) is 0 Å². The molecule has 0 saturated carbocycles. The van der Waals surface area contributed by atoms with Crippen molar-refractivity contribution in [3.63, 3.8) is 0 Å². The third-order valence-corrected chi connectivity index (χ3v) is 5.53. The largest absolute Gasteiger partial charge is 0.380 e. The van der Waals surface area contributed by atoms with Crippen LogP contribution in [0.15, 0.2) is 22.7 Å². The molecular formula is C20H23N5O3. The van der Waals surface area contributed by atoms with Crippen LogP contribution < -0.4 is 10.6 Å². The Balaban J connectivity index is 1.68. The van der Waals surface area contributed by atoms with Crippen LogP contribution in [0.1, 0.15) is 32.0 Å². The number of hydrogen-bond acceptors (Lipinski definition) is 8. The van der Waals surface area contributed by atoms with Crippen LogP contribution in [0.5, 0.6) is 0 Å². The Labute approximate surface area is 162 Å². The molecular weight excluding hydrogens is 358 g/mol. The lowest BCUT2D eigenvalue weighted by atomic mass is 10.0. The van der Waals surface area contributed by atoms with E-state index in [1.165, 1.54) is 0 Å². The Bertz CT molecular complexity index is 1060. The molecule has 8 heteroatoms. The molecule has 2 aliphatic heterocycles. The standard InChI is InChI=1S/C20H23N5O3/c1-11-9-26-7-6-25(11)19-14-10-27-20(2,3)16(14)22-18(23-19)12-4-5-13-15(8-12)28-24-17(13)21/h4-5,8,11H,6-7,9-10H2,1-3H3,(H2,21,24). The quantitative estimate of drug-likeness (QED) is 0.723. The fourth-order valence-electron chi connectivity index (χ4n) is 3.93. The predicted octanol–water partition coefficient (Wildman–Crippen LogP) is 2.86. The fourth-order valence-corrected chi connectivity index (χ4v) is 3.93. The molecule has 5 rings (SSSR count). The summed E-state index contributed by atoms with van der Waals surface area (Å²) in [5.74, 6) is 1.95. The molecule has 2 aromatic heterocycles. The van der Waals surface area contributed by atoms with E-state index in [-0.39, 0.29) is 6.04 Å². The minimum Gasteiger partial charge on any atom is -0.380 e. The van der Waals surface area contributed by atoms with Gasteiger partial charge < -0.3 is 24.6 Å². The number of aromatic nitrogens is 3. The number of benzene rings is 1. The van der Waals surface area contributed by atoms with Crippen molar-refractivity contribution >= 4 is 22.6 Å². The smallest absolute Gasteiger partial charge is 0.174 e. The first-order chi connectivity index (χ1) is 13.4. The van der Waals surface area contributed by atoms with E-state index < -0.39 is 5.60 Å². The maximum atomic E-state index is 6.04. The van der Waals surface area contributed by atoms with Gasteiger partial charge in [-0.05, 0) is 32.9 Å². The zero-order valence-electron chi connectivity index (χ0n) is 16.2. The van der Waals surface area contributed by atoms with Crippen LogP contribution in [-0.4, -0.2) is 40.9 Å². The van der Waals surface area contributed by atoms with Gasteiger partial charge in [0.1, 0.15) is 11.4 Å². The van der Waals surface area contributed by atoms with Crippen LogP contribution in [-0.2, 0) is 21.7 Å². The van der Waals surface area contributed by atoms with Crippen LogP contribution in [0.25, 0.3) is 22.4 Å². The number of ether oxygens (including phenoxy) is 2. The van der Waals surface area contributed by atoms with Gasteiger partial charge in [-0.25, -0.2) is 9.97 Å². The Kier molecular flexibility index (Phi) is 3.82. The highest BCUT2D eigenvalue weighted by atomic mass is 16.5. The Morgan fingerprint density at radius 3 is 2.93 bits per heavy atom. The van der Waals surface area contributed by atoms with Crippen molar-refractivity contribution in [1.82, 2.24) is 15.1 Å². The maximum absolute atomic E-state index is 6.04. The van der Waals surface area contributed by atoms with Crippen molar-refractivity contribution in [3.8, 4) is 11.4 Å². The van der Waals surface area contributed by atoms with Gasteiger partial charge in [-0.3, -0.25) is 0 Å². The molecule has 2 aliphatic rings. The molecule has 0 bridgehead atoms. The summed E-state index contributed by atoms with van der Waals surface area (Å²) >= 11 is 0. The Morgan fingerprint density at radius 2 is 2.11 bits per heavy atom. The van der Waals surface area contributed by atoms with Crippen molar-refractivity contribution in [2.75, 3.05) is 30.4 Å². The molecule has 8 nitrogen and oxygen atoms in total. The van der Waals surface area contributed by atoms with Gasteiger partial charge in [0, 0.05) is 17.7 Å². The normalized spacial score (nSPS) is 21.2. The molecule has 0 spiro atoms. The summed E-state index contributed by atoms with van der Waals surface area (Å²) in [6.45, 7) is 8.91. The first kappa shape index (κ1) is 17.4. The Morgan fingerprint density at radius 1 is 1.25 bits per heavy atom. The number of morpholine rings is 1. The highest BCUT2D eigenvalue weighted by Gasteiger charge is 2.38. The number of anilines is 2. The van der Waals surface area contributed by atoms with Crippen molar-refractivity contribution in [2.24, 2.45) is 0 Å². The molecule has 0 radical (unpaired) electrons. The topological polar surface area (TPSA) is 99.5 Å². The second kappa shape index (κ2) is 6.15. The minimum atomic E-state index is -0.460. The first-order valence-corrected chi connectivity index (χ1v) is 9.49. The lowest BCUT2D eigenvalue weighted by molar-refractivity contribution is -0.0100. The van der Waals surface area contributed by atoms with Crippen LogP contribution in [0, 0.1) is 0 Å². The number of nitrogens with two attached hydrogens (primary N) is 1. The second-order valence-corrected chi connectivity index (χ2v) is 7.89. The molecule has 1 aromatic carbocycles. The summed E-state index contributed by atoms with van der Waals surface area (Å²) in [4.78, 5) is 12.1. The number of rotatable bonds is 2. The first-order valence-electron chi connectivity index (χ1n) is 9.49. The van der Waals surface area contributed by atoms with Crippen molar-refractivity contribution in [3.05, 3.63) is 29.5 Å². The van der Waals surface area contributed by atoms with Gasteiger partial charge in [0.25, 0.3) is 0 Å². The third-order valence-electron chi connectivity index (χ3n) is 5.53. The number of nitrogens with zero attached hydrogens (tertiary/aromatic N) is 4. The van der Waals surface area contributed by atoms with E-state index >= 15 is 0 Å². The third kappa shape index (κ3) is 2.63. The summed E-state index contributed by atoms with van der Waals surface area (Å²) in [6.07, 6.45) is 0. The van der Waals surface area contributed by atoms with E-state index in [0.29, 0.717) is 37.0 Å². The number of hydrogen-bond donors (Lipinski definition) is 1. The van der Waals surface area contributed by atoms with Crippen LogP contribution in [0.2, 0.25) is 0 Å². The molecule has 2 N–H and O–H groups in total. The van der Waals surface area contributed by atoms with Crippen molar-refractivity contribution < 1.29 is 14.0 Å². The zero-order valence-corrected chi connectivity index (χ0v) is 16.2. The molecule has 1 atom stereocenters. The molecule has 4 heterocycles. The van der Waals surface area contributed by atoms with Crippen LogP contribution >= 0.6 is 0 Å². The van der Waals surface area contributed by atoms with E-state index in [4.69, 9.17) is 29.7 Å². The van der Waals surface area contributed by atoms with E-state index in [9.17, 15) is 0 Å². The molecule has 3 aromatic rings.